The largest absolute Gasteiger partial charge is 0.480 e. The SMILES string of the molecule is O=C(O)CNC(=O)c1cc(Cl)ccn1. The third kappa shape index (κ3) is 3.02. The fraction of sp³-hybridized carbons (Fsp3) is 0.125. The Balaban J connectivity index is 2.65. The van der Waals surface area contributed by atoms with E-state index in [1.807, 2.05) is 0 Å². The van der Waals surface area contributed by atoms with Gasteiger partial charge < -0.3 is 10.4 Å². The highest BCUT2D eigenvalue weighted by Crippen LogP contribution is 2.07. The van der Waals surface area contributed by atoms with Crippen molar-refractivity contribution in [1.82, 2.24) is 10.3 Å². The minimum absolute atomic E-state index is 0.0961. The van der Waals surface area contributed by atoms with E-state index in [0.29, 0.717) is 5.02 Å². The number of aromatic nitrogens is 1. The van der Waals surface area contributed by atoms with Crippen molar-refractivity contribution in [3.8, 4) is 0 Å². The summed E-state index contributed by atoms with van der Waals surface area (Å²) >= 11 is 5.62. The molecule has 74 valence electrons. The van der Waals surface area contributed by atoms with Gasteiger partial charge in [0.2, 0.25) is 0 Å². The summed E-state index contributed by atoms with van der Waals surface area (Å²) < 4.78 is 0. The Kier molecular flexibility index (Phi) is 3.41. The van der Waals surface area contributed by atoms with Crippen LogP contribution in [0.25, 0.3) is 0 Å². The van der Waals surface area contributed by atoms with E-state index < -0.39 is 18.4 Å². The molecule has 0 fully saturated rings. The summed E-state index contributed by atoms with van der Waals surface area (Å²) in [6, 6.07) is 2.88. The number of nitrogens with zero attached hydrogens (tertiary/aromatic N) is 1. The maximum atomic E-state index is 11.2. The Morgan fingerprint density at radius 2 is 2.29 bits per heavy atom. The topological polar surface area (TPSA) is 79.3 Å². The zero-order valence-corrected chi connectivity index (χ0v) is 7.78. The van der Waals surface area contributed by atoms with Crippen LogP contribution in [0.1, 0.15) is 10.5 Å². The number of hydrogen-bond donors (Lipinski definition) is 2. The molecule has 0 aromatic carbocycles. The second-order valence-electron chi connectivity index (χ2n) is 2.44. The average molecular weight is 215 g/mol. The molecule has 0 unspecified atom stereocenters. The van der Waals surface area contributed by atoms with Crippen LogP contribution in [-0.4, -0.2) is 28.5 Å². The van der Waals surface area contributed by atoms with Crippen LogP contribution in [0, 0.1) is 0 Å². The Morgan fingerprint density at radius 1 is 1.57 bits per heavy atom. The first-order chi connectivity index (χ1) is 6.59. The van der Waals surface area contributed by atoms with Gasteiger partial charge >= 0.3 is 5.97 Å². The van der Waals surface area contributed by atoms with Crippen molar-refractivity contribution >= 4 is 23.5 Å². The van der Waals surface area contributed by atoms with E-state index >= 15 is 0 Å². The Labute approximate surface area is 84.7 Å². The van der Waals surface area contributed by atoms with Crippen LogP contribution in [0.15, 0.2) is 18.3 Å². The lowest BCUT2D eigenvalue weighted by Gasteiger charge is -2.00. The van der Waals surface area contributed by atoms with E-state index in [2.05, 4.69) is 10.3 Å². The fourth-order valence-corrected chi connectivity index (χ4v) is 0.935. The Bertz CT molecular complexity index is 367. The number of hydrogen-bond acceptors (Lipinski definition) is 3. The molecule has 1 rings (SSSR count). The van der Waals surface area contributed by atoms with Crippen molar-refractivity contribution in [3.63, 3.8) is 0 Å². The van der Waals surface area contributed by atoms with Gasteiger partial charge in [0.1, 0.15) is 12.2 Å². The lowest BCUT2D eigenvalue weighted by molar-refractivity contribution is -0.135. The summed E-state index contributed by atoms with van der Waals surface area (Å²) in [5, 5.41) is 10.8. The van der Waals surface area contributed by atoms with Crippen molar-refractivity contribution in [3.05, 3.63) is 29.0 Å². The van der Waals surface area contributed by atoms with E-state index in [1.165, 1.54) is 18.3 Å². The van der Waals surface area contributed by atoms with E-state index in [4.69, 9.17) is 16.7 Å². The van der Waals surface area contributed by atoms with Crippen LogP contribution < -0.4 is 5.32 Å². The summed E-state index contributed by atoms with van der Waals surface area (Å²) in [4.78, 5) is 25.1. The van der Waals surface area contributed by atoms with Crippen LogP contribution in [0.5, 0.6) is 0 Å². The van der Waals surface area contributed by atoms with Gasteiger partial charge in [0.05, 0.1) is 0 Å². The number of carbonyl (C=O) groups excluding carboxylic acids is 1. The molecule has 0 atom stereocenters. The molecule has 1 aromatic heterocycles. The van der Waals surface area contributed by atoms with Gasteiger partial charge in [-0.25, -0.2) is 0 Å². The summed E-state index contributed by atoms with van der Waals surface area (Å²) in [5.74, 6) is -1.67. The minimum atomic E-state index is -1.11. The van der Waals surface area contributed by atoms with Crippen LogP contribution >= 0.6 is 11.6 Å². The molecule has 1 amide bonds. The highest BCUT2D eigenvalue weighted by Gasteiger charge is 2.08. The lowest BCUT2D eigenvalue weighted by Crippen LogP contribution is -2.29. The van der Waals surface area contributed by atoms with Gasteiger partial charge in [-0.1, -0.05) is 11.6 Å². The minimum Gasteiger partial charge on any atom is -0.480 e. The first kappa shape index (κ1) is 10.5. The predicted molar refractivity (Wildman–Crippen MR) is 49.2 cm³/mol. The number of halogens is 1. The molecule has 0 saturated carbocycles. The van der Waals surface area contributed by atoms with E-state index in [-0.39, 0.29) is 5.69 Å². The number of carboxylic acid groups (broad SMARTS) is 1. The molecular weight excluding hydrogens is 208 g/mol. The van der Waals surface area contributed by atoms with Gasteiger partial charge in [0, 0.05) is 11.2 Å². The number of rotatable bonds is 3. The molecule has 0 aliphatic carbocycles. The third-order valence-electron chi connectivity index (χ3n) is 1.35. The molecule has 0 aliphatic rings. The van der Waals surface area contributed by atoms with Gasteiger partial charge in [0.25, 0.3) is 5.91 Å². The molecule has 0 radical (unpaired) electrons. The van der Waals surface area contributed by atoms with Crippen LogP contribution in [0.2, 0.25) is 5.02 Å². The summed E-state index contributed by atoms with van der Waals surface area (Å²) in [5.41, 5.74) is 0.0961. The zero-order chi connectivity index (χ0) is 10.6. The van der Waals surface area contributed by atoms with Crippen molar-refractivity contribution in [2.24, 2.45) is 0 Å². The number of pyridine rings is 1. The molecule has 1 aromatic rings. The number of carbonyl (C=O) groups is 2. The van der Waals surface area contributed by atoms with Crippen LogP contribution in [0.4, 0.5) is 0 Å². The first-order valence-corrected chi connectivity index (χ1v) is 4.09. The van der Waals surface area contributed by atoms with Gasteiger partial charge in [0.15, 0.2) is 0 Å². The standard InChI is InChI=1S/C8H7ClN2O3/c9-5-1-2-10-6(3-5)8(14)11-4-7(12)13/h1-3H,4H2,(H,11,14)(H,12,13). The molecule has 0 saturated heterocycles. The molecule has 0 bridgehead atoms. The van der Waals surface area contributed by atoms with Crippen LogP contribution in [-0.2, 0) is 4.79 Å². The van der Waals surface area contributed by atoms with Crippen molar-refractivity contribution < 1.29 is 14.7 Å². The molecular formula is C8H7ClN2O3. The highest BCUT2D eigenvalue weighted by atomic mass is 35.5. The maximum Gasteiger partial charge on any atom is 0.322 e. The van der Waals surface area contributed by atoms with Gasteiger partial charge in [-0.05, 0) is 12.1 Å². The Hall–Kier alpha value is -1.62. The van der Waals surface area contributed by atoms with Gasteiger partial charge in [-0.3, -0.25) is 14.6 Å². The second-order valence-corrected chi connectivity index (χ2v) is 2.87. The number of nitrogens with one attached hydrogen (secondary N) is 1. The lowest BCUT2D eigenvalue weighted by atomic mass is 10.3. The number of carboxylic acids is 1. The summed E-state index contributed by atoms with van der Waals surface area (Å²) in [7, 11) is 0. The smallest absolute Gasteiger partial charge is 0.322 e. The van der Waals surface area contributed by atoms with Crippen molar-refractivity contribution in [2.75, 3.05) is 6.54 Å². The second kappa shape index (κ2) is 4.57. The quantitative estimate of drug-likeness (QED) is 0.770. The third-order valence-corrected chi connectivity index (χ3v) is 1.59. The van der Waals surface area contributed by atoms with Crippen molar-refractivity contribution in [2.45, 2.75) is 0 Å². The van der Waals surface area contributed by atoms with Crippen LogP contribution in [0.3, 0.4) is 0 Å². The number of aliphatic carboxylic acids is 1. The Morgan fingerprint density at radius 3 is 2.86 bits per heavy atom. The highest BCUT2D eigenvalue weighted by molar-refractivity contribution is 6.30. The van der Waals surface area contributed by atoms with E-state index in [9.17, 15) is 9.59 Å². The summed E-state index contributed by atoms with van der Waals surface area (Å²) in [6.07, 6.45) is 1.37. The van der Waals surface area contributed by atoms with Crippen molar-refractivity contribution in [1.29, 1.82) is 0 Å². The molecule has 14 heavy (non-hydrogen) atoms. The normalized spacial score (nSPS) is 9.50. The fourth-order valence-electron chi connectivity index (χ4n) is 0.775. The summed E-state index contributed by atoms with van der Waals surface area (Å²) in [6.45, 7) is -0.437. The van der Waals surface area contributed by atoms with Gasteiger partial charge in [-0.2, -0.15) is 0 Å². The molecule has 0 aliphatic heterocycles. The van der Waals surface area contributed by atoms with E-state index in [0.717, 1.165) is 0 Å². The molecule has 6 heteroatoms. The maximum absolute atomic E-state index is 11.2. The predicted octanol–water partition coefficient (Wildman–Crippen LogP) is 0.549. The van der Waals surface area contributed by atoms with E-state index in [1.54, 1.807) is 0 Å². The molecule has 2 N–H and O–H groups in total. The molecule has 1 heterocycles. The monoisotopic (exact) mass is 214 g/mol. The zero-order valence-electron chi connectivity index (χ0n) is 7.03. The number of amides is 1. The molecule has 5 nitrogen and oxygen atoms in total. The first-order valence-electron chi connectivity index (χ1n) is 3.71. The molecule has 0 spiro atoms. The van der Waals surface area contributed by atoms with Gasteiger partial charge in [-0.15, -0.1) is 0 Å². The average Bonchev–Trinajstić information content (AvgIpc) is 2.14.